The van der Waals surface area contributed by atoms with Gasteiger partial charge in [-0.3, -0.25) is 0 Å². The average Bonchev–Trinajstić information content (AvgIpc) is 2.40. The van der Waals surface area contributed by atoms with Crippen molar-refractivity contribution in [2.24, 2.45) is 5.92 Å². The molecule has 0 radical (unpaired) electrons. The molecular weight excluding hydrogens is 234 g/mol. The Bertz CT molecular complexity index is 242. The molecule has 0 aliphatic carbocycles. The third kappa shape index (κ3) is 9.05. The van der Waals surface area contributed by atoms with E-state index in [1.165, 1.54) is 44.9 Å². The van der Waals surface area contributed by atoms with Crippen LogP contribution in [0, 0.1) is 17.2 Å². The normalized spacial score (nSPS) is 13.2. The lowest BCUT2D eigenvalue weighted by molar-refractivity contribution is -0.0349. The molecule has 2 heteroatoms. The quantitative estimate of drug-likeness (QED) is 0.439. The van der Waals surface area contributed by atoms with Crippen molar-refractivity contribution in [2.75, 3.05) is 7.11 Å². The zero-order chi connectivity index (χ0) is 14.6. The topological polar surface area (TPSA) is 33.0 Å². The smallest absolute Gasteiger partial charge is 0.0650 e. The van der Waals surface area contributed by atoms with Gasteiger partial charge in [0.25, 0.3) is 0 Å². The number of unbranched alkanes of at least 4 members (excludes halogenated alkanes) is 6. The summed E-state index contributed by atoms with van der Waals surface area (Å²) in [5.74, 6) is 0.581. The van der Waals surface area contributed by atoms with Gasteiger partial charge in [-0.05, 0) is 39.0 Å². The molecule has 0 aliphatic rings. The van der Waals surface area contributed by atoms with Crippen LogP contribution in [0.15, 0.2) is 0 Å². The van der Waals surface area contributed by atoms with Crippen LogP contribution >= 0.6 is 0 Å². The van der Waals surface area contributed by atoms with Crippen LogP contribution < -0.4 is 0 Å². The molecule has 0 saturated heterocycles. The number of nitrogens with zero attached hydrogens (tertiary/aromatic N) is 1. The summed E-state index contributed by atoms with van der Waals surface area (Å²) in [5.41, 5.74) is -0.0567. The van der Waals surface area contributed by atoms with Crippen LogP contribution in [0.2, 0.25) is 0 Å². The molecule has 112 valence electrons. The van der Waals surface area contributed by atoms with Gasteiger partial charge in [-0.2, -0.15) is 5.26 Å². The Morgan fingerprint density at radius 1 is 1.00 bits per heavy atom. The molecule has 1 unspecified atom stereocenters. The first-order valence-corrected chi connectivity index (χ1v) is 8.00. The van der Waals surface area contributed by atoms with Crippen LogP contribution in [0.3, 0.4) is 0 Å². The zero-order valence-electron chi connectivity index (χ0n) is 13.5. The second kappa shape index (κ2) is 11.3. The molecule has 0 aliphatic heterocycles. The second-order valence-corrected chi connectivity index (χ2v) is 6.11. The number of hydrogen-bond donors (Lipinski definition) is 0. The minimum absolute atomic E-state index is 0.0567. The number of rotatable bonds is 12. The highest BCUT2D eigenvalue weighted by molar-refractivity contribution is 4.81. The molecule has 2 nitrogen and oxygen atoms in total. The van der Waals surface area contributed by atoms with Crippen LogP contribution in [0.25, 0.3) is 0 Å². The molecule has 1 atom stereocenters. The van der Waals surface area contributed by atoms with Gasteiger partial charge < -0.3 is 4.74 Å². The number of ether oxygens (including phenoxy) is 1. The van der Waals surface area contributed by atoms with E-state index in [-0.39, 0.29) is 5.60 Å². The maximum absolute atomic E-state index is 8.65. The summed E-state index contributed by atoms with van der Waals surface area (Å²) in [4.78, 5) is 0. The minimum atomic E-state index is -0.0567. The van der Waals surface area contributed by atoms with Gasteiger partial charge in [-0.15, -0.1) is 0 Å². The summed E-state index contributed by atoms with van der Waals surface area (Å²) in [6.45, 7) is 6.62. The summed E-state index contributed by atoms with van der Waals surface area (Å²) in [5, 5.41) is 8.65. The van der Waals surface area contributed by atoms with Crippen molar-refractivity contribution in [3.05, 3.63) is 0 Å². The third-order valence-electron chi connectivity index (χ3n) is 4.26. The van der Waals surface area contributed by atoms with Crippen LogP contribution in [0.1, 0.15) is 85.0 Å². The fourth-order valence-electron chi connectivity index (χ4n) is 2.60. The number of nitriles is 1. The predicted octanol–water partition coefficient (Wildman–Crippen LogP) is 5.47. The van der Waals surface area contributed by atoms with Crippen molar-refractivity contribution in [1.82, 2.24) is 0 Å². The van der Waals surface area contributed by atoms with E-state index in [4.69, 9.17) is 10.00 Å². The summed E-state index contributed by atoms with van der Waals surface area (Å²) < 4.78 is 5.64. The third-order valence-corrected chi connectivity index (χ3v) is 4.26. The van der Waals surface area contributed by atoms with E-state index in [9.17, 15) is 0 Å². The summed E-state index contributed by atoms with van der Waals surface area (Å²) in [7, 11) is 1.80. The largest absolute Gasteiger partial charge is 0.379 e. The standard InChI is InChI=1S/C17H33NO/c1-5-6-7-8-9-10-13-16(14-11-12-15-18)17(2,3)19-4/h16H,5-14H2,1-4H3. The molecule has 0 fully saturated rings. The van der Waals surface area contributed by atoms with Crippen molar-refractivity contribution in [3.8, 4) is 6.07 Å². The summed E-state index contributed by atoms with van der Waals surface area (Å²) >= 11 is 0. The molecule has 0 spiro atoms. The molecule has 0 heterocycles. The van der Waals surface area contributed by atoms with E-state index in [2.05, 4.69) is 26.8 Å². The van der Waals surface area contributed by atoms with E-state index >= 15 is 0 Å². The Morgan fingerprint density at radius 3 is 2.16 bits per heavy atom. The van der Waals surface area contributed by atoms with Crippen LogP contribution in [0.5, 0.6) is 0 Å². The molecule has 0 rings (SSSR count). The first-order chi connectivity index (χ1) is 9.08. The summed E-state index contributed by atoms with van der Waals surface area (Å²) in [6.07, 6.45) is 12.1. The molecule has 0 bridgehead atoms. The van der Waals surface area contributed by atoms with Gasteiger partial charge in [0.1, 0.15) is 0 Å². The molecule has 0 N–H and O–H groups in total. The van der Waals surface area contributed by atoms with Crippen LogP contribution in [0.4, 0.5) is 0 Å². The maximum Gasteiger partial charge on any atom is 0.0650 e. The van der Waals surface area contributed by atoms with E-state index in [0.717, 1.165) is 12.8 Å². The second-order valence-electron chi connectivity index (χ2n) is 6.11. The minimum Gasteiger partial charge on any atom is -0.379 e. The lowest BCUT2D eigenvalue weighted by Gasteiger charge is -2.33. The molecule has 0 aromatic carbocycles. The molecule has 0 aromatic rings. The number of methoxy groups -OCH3 is 1. The zero-order valence-corrected chi connectivity index (χ0v) is 13.5. The molecular formula is C17H33NO. The average molecular weight is 267 g/mol. The van der Waals surface area contributed by atoms with Crippen molar-refractivity contribution >= 4 is 0 Å². The van der Waals surface area contributed by atoms with E-state index < -0.39 is 0 Å². The van der Waals surface area contributed by atoms with Gasteiger partial charge in [0, 0.05) is 13.5 Å². The van der Waals surface area contributed by atoms with Crippen molar-refractivity contribution in [2.45, 2.75) is 90.6 Å². The van der Waals surface area contributed by atoms with Gasteiger partial charge in [0.05, 0.1) is 11.7 Å². The van der Waals surface area contributed by atoms with Gasteiger partial charge in [0.15, 0.2) is 0 Å². The van der Waals surface area contributed by atoms with E-state index in [1.54, 1.807) is 7.11 Å². The Hall–Kier alpha value is -0.550. The van der Waals surface area contributed by atoms with Crippen LogP contribution in [-0.2, 0) is 4.74 Å². The van der Waals surface area contributed by atoms with Crippen molar-refractivity contribution < 1.29 is 4.74 Å². The lowest BCUT2D eigenvalue weighted by Crippen LogP contribution is -2.33. The Labute approximate surface area is 120 Å². The van der Waals surface area contributed by atoms with Gasteiger partial charge in [-0.1, -0.05) is 45.4 Å². The first kappa shape index (κ1) is 18.4. The molecule has 0 saturated carbocycles. The SMILES string of the molecule is CCCCCCCCC(CCCC#N)C(C)(C)OC. The lowest BCUT2D eigenvalue weighted by atomic mass is 9.82. The summed E-state index contributed by atoms with van der Waals surface area (Å²) in [6, 6.07) is 2.24. The van der Waals surface area contributed by atoms with Crippen molar-refractivity contribution in [1.29, 1.82) is 5.26 Å². The fourth-order valence-corrected chi connectivity index (χ4v) is 2.60. The molecule has 19 heavy (non-hydrogen) atoms. The van der Waals surface area contributed by atoms with Crippen LogP contribution in [-0.4, -0.2) is 12.7 Å². The number of hydrogen-bond acceptors (Lipinski definition) is 2. The van der Waals surface area contributed by atoms with E-state index in [1.807, 2.05) is 0 Å². The van der Waals surface area contributed by atoms with Gasteiger partial charge in [-0.25, -0.2) is 0 Å². The Balaban J connectivity index is 3.95. The molecule has 0 aromatic heterocycles. The Morgan fingerprint density at radius 2 is 1.58 bits per heavy atom. The van der Waals surface area contributed by atoms with Gasteiger partial charge in [0.2, 0.25) is 0 Å². The highest BCUT2D eigenvalue weighted by atomic mass is 16.5. The maximum atomic E-state index is 8.65. The van der Waals surface area contributed by atoms with Gasteiger partial charge >= 0.3 is 0 Å². The first-order valence-electron chi connectivity index (χ1n) is 8.00. The fraction of sp³-hybridized carbons (Fsp3) is 0.941. The van der Waals surface area contributed by atoms with E-state index in [0.29, 0.717) is 12.3 Å². The monoisotopic (exact) mass is 267 g/mol. The Kier molecular flexibility index (Phi) is 11.0. The van der Waals surface area contributed by atoms with Crippen molar-refractivity contribution in [3.63, 3.8) is 0 Å². The predicted molar refractivity (Wildman–Crippen MR) is 82.0 cm³/mol. The highest BCUT2D eigenvalue weighted by Crippen LogP contribution is 2.30. The highest BCUT2D eigenvalue weighted by Gasteiger charge is 2.28. The molecule has 0 amide bonds.